The molecule has 9 heteroatoms. The molecule has 0 aliphatic carbocycles. The predicted octanol–water partition coefficient (Wildman–Crippen LogP) is 1.32. The van der Waals surface area contributed by atoms with E-state index in [0.717, 1.165) is 4.90 Å². The van der Waals surface area contributed by atoms with Crippen molar-refractivity contribution in [2.24, 2.45) is 0 Å². The summed E-state index contributed by atoms with van der Waals surface area (Å²) in [5.74, 6) is 0.194. The molecular weight excluding hydrogens is 277 g/mol. The van der Waals surface area contributed by atoms with Crippen LogP contribution in [0.1, 0.15) is 26.7 Å². The molecule has 0 bridgehead atoms. The van der Waals surface area contributed by atoms with Crippen molar-refractivity contribution in [2.45, 2.75) is 39.0 Å². The highest BCUT2D eigenvalue weighted by Gasteiger charge is 2.32. The molecule has 2 N–H and O–H groups in total. The van der Waals surface area contributed by atoms with Crippen molar-refractivity contribution < 1.29 is 22.7 Å². The van der Waals surface area contributed by atoms with Gasteiger partial charge in [-0.05, 0) is 20.8 Å². The van der Waals surface area contributed by atoms with Crippen molar-refractivity contribution in [1.29, 1.82) is 0 Å². The fourth-order valence-corrected chi connectivity index (χ4v) is 1.36. The number of nitrogens with zero attached hydrogens (tertiary/aromatic N) is 3. The van der Waals surface area contributed by atoms with Crippen LogP contribution in [-0.4, -0.2) is 46.7 Å². The molecule has 0 spiro atoms. The van der Waals surface area contributed by atoms with E-state index in [1.807, 2.05) is 20.8 Å². The number of hydrogen-bond acceptors (Lipinski definition) is 6. The van der Waals surface area contributed by atoms with Gasteiger partial charge in [0, 0.05) is 12.1 Å². The van der Waals surface area contributed by atoms with Gasteiger partial charge in [-0.25, -0.2) is 0 Å². The number of aromatic nitrogens is 2. The monoisotopic (exact) mass is 296 g/mol. The summed E-state index contributed by atoms with van der Waals surface area (Å²) < 4.78 is 42.4. The van der Waals surface area contributed by atoms with Crippen LogP contribution in [0.25, 0.3) is 0 Å². The molecule has 0 aliphatic rings. The lowest BCUT2D eigenvalue weighted by atomic mass is 10.1. The Labute approximate surface area is 115 Å². The minimum absolute atomic E-state index is 0.175. The molecule has 1 aromatic rings. The molecule has 0 aliphatic heterocycles. The average Bonchev–Trinajstić information content (AvgIpc) is 2.71. The molecule has 0 saturated carbocycles. The first-order valence-corrected chi connectivity index (χ1v) is 6.11. The van der Waals surface area contributed by atoms with Gasteiger partial charge >= 0.3 is 12.2 Å². The van der Waals surface area contributed by atoms with Gasteiger partial charge in [-0.3, -0.25) is 0 Å². The van der Waals surface area contributed by atoms with Gasteiger partial charge in [0.1, 0.15) is 6.54 Å². The molecule has 0 radical (unpaired) electrons. The van der Waals surface area contributed by atoms with Gasteiger partial charge in [0.25, 0.3) is 0 Å². The molecule has 1 heterocycles. The van der Waals surface area contributed by atoms with E-state index in [1.54, 1.807) is 0 Å². The third-order valence-electron chi connectivity index (χ3n) is 2.24. The first-order chi connectivity index (χ1) is 9.11. The van der Waals surface area contributed by atoms with E-state index in [0.29, 0.717) is 0 Å². The van der Waals surface area contributed by atoms with E-state index in [-0.39, 0.29) is 30.5 Å². The lowest BCUT2D eigenvalue weighted by molar-refractivity contribution is -0.120. The SMILES string of the molecule is CC(C)(C)NCc1nnc(N(CCO)CC(F)(F)F)o1. The van der Waals surface area contributed by atoms with Crippen LogP contribution in [0.5, 0.6) is 0 Å². The summed E-state index contributed by atoms with van der Waals surface area (Å²) in [6.07, 6.45) is -4.41. The molecule has 0 amide bonds. The third-order valence-corrected chi connectivity index (χ3v) is 2.24. The number of halogens is 3. The second-order valence-corrected chi connectivity index (χ2v) is 5.34. The van der Waals surface area contributed by atoms with Crippen LogP contribution in [0, 0.1) is 0 Å². The number of alkyl halides is 3. The molecule has 0 unspecified atom stereocenters. The van der Waals surface area contributed by atoms with Gasteiger partial charge in [-0.15, -0.1) is 5.10 Å². The lowest BCUT2D eigenvalue weighted by Gasteiger charge is -2.20. The first-order valence-electron chi connectivity index (χ1n) is 6.11. The zero-order chi connectivity index (χ0) is 15.4. The zero-order valence-corrected chi connectivity index (χ0v) is 11.7. The largest absolute Gasteiger partial charge is 0.407 e. The molecule has 0 atom stereocenters. The van der Waals surface area contributed by atoms with Crippen molar-refractivity contribution >= 4 is 6.01 Å². The zero-order valence-electron chi connectivity index (χ0n) is 11.7. The number of anilines is 1. The molecule has 116 valence electrons. The fourth-order valence-electron chi connectivity index (χ4n) is 1.36. The van der Waals surface area contributed by atoms with Crippen LogP contribution in [0.3, 0.4) is 0 Å². The molecule has 20 heavy (non-hydrogen) atoms. The number of hydrogen-bond donors (Lipinski definition) is 2. The molecule has 1 rings (SSSR count). The van der Waals surface area contributed by atoms with Crippen molar-refractivity contribution in [3.63, 3.8) is 0 Å². The Morgan fingerprint density at radius 2 is 1.90 bits per heavy atom. The molecule has 6 nitrogen and oxygen atoms in total. The van der Waals surface area contributed by atoms with E-state index >= 15 is 0 Å². The van der Waals surface area contributed by atoms with Crippen molar-refractivity contribution in [3.05, 3.63) is 5.89 Å². The van der Waals surface area contributed by atoms with Crippen LogP contribution in [0.15, 0.2) is 4.42 Å². The van der Waals surface area contributed by atoms with Gasteiger partial charge < -0.3 is 19.7 Å². The second kappa shape index (κ2) is 6.40. The van der Waals surface area contributed by atoms with Gasteiger partial charge in [0.2, 0.25) is 5.89 Å². The van der Waals surface area contributed by atoms with E-state index < -0.39 is 19.3 Å². The Bertz CT molecular complexity index is 415. The molecule has 0 fully saturated rings. The third kappa shape index (κ3) is 6.20. The van der Waals surface area contributed by atoms with Gasteiger partial charge in [-0.1, -0.05) is 5.10 Å². The molecule has 1 aromatic heterocycles. The fraction of sp³-hybridized carbons (Fsp3) is 0.818. The highest BCUT2D eigenvalue weighted by Crippen LogP contribution is 2.21. The van der Waals surface area contributed by atoms with Gasteiger partial charge in [-0.2, -0.15) is 13.2 Å². The number of aliphatic hydroxyl groups is 1. The van der Waals surface area contributed by atoms with Crippen molar-refractivity contribution in [1.82, 2.24) is 15.5 Å². The maximum absolute atomic E-state index is 12.4. The van der Waals surface area contributed by atoms with Crippen molar-refractivity contribution in [2.75, 3.05) is 24.6 Å². The smallest absolute Gasteiger partial charge is 0.406 e. The van der Waals surface area contributed by atoms with Crippen LogP contribution in [0.4, 0.5) is 19.2 Å². The maximum atomic E-state index is 12.4. The Balaban J connectivity index is 2.71. The first kappa shape index (κ1) is 16.7. The predicted molar refractivity (Wildman–Crippen MR) is 66.2 cm³/mol. The van der Waals surface area contributed by atoms with Crippen LogP contribution >= 0.6 is 0 Å². The van der Waals surface area contributed by atoms with E-state index in [2.05, 4.69) is 15.5 Å². The summed E-state index contributed by atoms with van der Waals surface area (Å²) in [7, 11) is 0. The summed E-state index contributed by atoms with van der Waals surface area (Å²) >= 11 is 0. The minimum atomic E-state index is -4.41. The number of aliphatic hydroxyl groups excluding tert-OH is 1. The van der Waals surface area contributed by atoms with Crippen molar-refractivity contribution in [3.8, 4) is 0 Å². The van der Waals surface area contributed by atoms with Crippen LogP contribution in [0.2, 0.25) is 0 Å². The summed E-state index contributed by atoms with van der Waals surface area (Å²) in [6.45, 7) is 4.16. The standard InChI is InChI=1S/C11H19F3N4O2/c1-10(2,3)15-6-8-16-17-9(20-8)18(4-5-19)7-11(12,13)14/h15,19H,4-7H2,1-3H3. The Morgan fingerprint density at radius 1 is 1.25 bits per heavy atom. The second-order valence-electron chi connectivity index (χ2n) is 5.34. The molecular formula is C11H19F3N4O2. The Morgan fingerprint density at radius 3 is 2.40 bits per heavy atom. The normalized spacial score (nSPS) is 12.8. The van der Waals surface area contributed by atoms with Gasteiger partial charge in [0.15, 0.2) is 0 Å². The Kier molecular flexibility index (Phi) is 5.35. The highest BCUT2D eigenvalue weighted by atomic mass is 19.4. The van der Waals surface area contributed by atoms with Gasteiger partial charge in [0.05, 0.1) is 13.2 Å². The number of nitrogens with one attached hydrogen (secondary N) is 1. The minimum Gasteiger partial charge on any atom is -0.407 e. The quantitative estimate of drug-likeness (QED) is 0.824. The lowest BCUT2D eigenvalue weighted by Crippen LogP contribution is -2.36. The topological polar surface area (TPSA) is 74.4 Å². The Hall–Kier alpha value is -1.35. The molecule has 0 aromatic carbocycles. The van der Waals surface area contributed by atoms with E-state index in [4.69, 9.17) is 9.52 Å². The van der Waals surface area contributed by atoms with Crippen LogP contribution < -0.4 is 10.2 Å². The summed E-state index contributed by atoms with van der Waals surface area (Å²) in [5.41, 5.74) is -0.175. The average molecular weight is 296 g/mol. The molecule has 0 saturated heterocycles. The maximum Gasteiger partial charge on any atom is 0.406 e. The van der Waals surface area contributed by atoms with E-state index in [9.17, 15) is 13.2 Å². The summed E-state index contributed by atoms with van der Waals surface area (Å²) in [4.78, 5) is 0.799. The van der Waals surface area contributed by atoms with E-state index in [1.165, 1.54) is 0 Å². The number of rotatable bonds is 6. The highest BCUT2D eigenvalue weighted by molar-refractivity contribution is 5.24. The summed E-state index contributed by atoms with van der Waals surface area (Å²) in [6, 6.07) is -0.248. The summed E-state index contributed by atoms with van der Waals surface area (Å²) in [5, 5.41) is 19.1. The van der Waals surface area contributed by atoms with Crippen LogP contribution in [-0.2, 0) is 6.54 Å².